The molecule has 6 aromatic rings. The Labute approximate surface area is 207 Å². The number of rotatable bonds is 5. The van der Waals surface area contributed by atoms with Gasteiger partial charge in [-0.1, -0.05) is 18.2 Å². The monoisotopic (exact) mass is 472 g/mol. The summed E-state index contributed by atoms with van der Waals surface area (Å²) in [6.45, 7) is 3.26. The molecule has 1 aliphatic rings. The Morgan fingerprint density at radius 3 is 2.64 bits per heavy atom. The highest BCUT2D eigenvalue weighted by Crippen LogP contribution is 2.32. The second kappa shape index (κ2) is 8.66. The normalized spacial score (nSPS) is 14.2. The topological polar surface area (TPSA) is 99.3 Å². The molecule has 1 aliphatic heterocycles. The number of hydrogen-bond donors (Lipinski definition) is 2. The number of para-hydroxylation sites is 1. The lowest BCUT2D eigenvalue weighted by Crippen LogP contribution is -2.18. The van der Waals surface area contributed by atoms with Crippen molar-refractivity contribution in [1.29, 1.82) is 0 Å². The molecular formula is C28H24N8. The van der Waals surface area contributed by atoms with Crippen molar-refractivity contribution in [3.8, 4) is 33.8 Å². The summed E-state index contributed by atoms with van der Waals surface area (Å²) in [6, 6.07) is 14.4. The molecule has 36 heavy (non-hydrogen) atoms. The zero-order valence-corrected chi connectivity index (χ0v) is 19.6. The lowest BCUT2D eigenvalue weighted by Gasteiger charge is -2.14. The number of fused-ring (bicyclic) bond motifs is 2. The highest BCUT2D eigenvalue weighted by Gasteiger charge is 2.17. The van der Waals surface area contributed by atoms with E-state index in [1.165, 1.54) is 18.4 Å². The van der Waals surface area contributed by atoms with Crippen LogP contribution in [0.2, 0.25) is 0 Å². The number of aromatic nitrogens is 7. The molecule has 8 heteroatoms. The van der Waals surface area contributed by atoms with Crippen molar-refractivity contribution in [2.75, 3.05) is 13.1 Å². The van der Waals surface area contributed by atoms with Crippen molar-refractivity contribution >= 4 is 22.1 Å². The average Bonchev–Trinajstić information content (AvgIpc) is 3.68. The van der Waals surface area contributed by atoms with Crippen molar-refractivity contribution in [1.82, 2.24) is 40.0 Å². The van der Waals surface area contributed by atoms with E-state index in [9.17, 15) is 0 Å². The fourth-order valence-electron chi connectivity index (χ4n) is 5.07. The molecular weight excluding hydrogens is 448 g/mol. The number of nitrogens with zero attached hydrogens (tertiary/aromatic N) is 6. The van der Waals surface area contributed by atoms with E-state index >= 15 is 0 Å². The van der Waals surface area contributed by atoms with Crippen LogP contribution in [0.1, 0.15) is 18.4 Å². The number of aromatic amines is 2. The van der Waals surface area contributed by atoms with Gasteiger partial charge in [0.2, 0.25) is 0 Å². The Morgan fingerprint density at radius 1 is 0.861 bits per heavy atom. The van der Waals surface area contributed by atoms with Gasteiger partial charge in [-0.15, -0.1) is 0 Å². The van der Waals surface area contributed by atoms with Crippen LogP contribution in [0, 0.1) is 0 Å². The third-order valence-corrected chi connectivity index (χ3v) is 6.86. The largest absolute Gasteiger partial charge is 0.337 e. The maximum absolute atomic E-state index is 4.94. The molecule has 1 fully saturated rings. The van der Waals surface area contributed by atoms with Gasteiger partial charge in [-0.05, 0) is 55.8 Å². The average molecular weight is 473 g/mol. The molecule has 5 aromatic heterocycles. The van der Waals surface area contributed by atoms with Gasteiger partial charge in [0.15, 0.2) is 11.5 Å². The van der Waals surface area contributed by atoms with E-state index in [-0.39, 0.29) is 0 Å². The minimum atomic E-state index is 0.701. The number of imidazole rings is 1. The van der Waals surface area contributed by atoms with Gasteiger partial charge < -0.3 is 4.98 Å². The molecule has 1 aromatic carbocycles. The summed E-state index contributed by atoms with van der Waals surface area (Å²) in [5.41, 5.74) is 8.65. The second-order valence-corrected chi connectivity index (χ2v) is 9.29. The minimum absolute atomic E-state index is 0.701. The molecule has 6 heterocycles. The van der Waals surface area contributed by atoms with Crippen LogP contribution >= 0.6 is 0 Å². The molecule has 8 nitrogen and oxygen atoms in total. The fraction of sp³-hybridized carbons (Fsp3) is 0.179. The third kappa shape index (κ3) is 3.72. The highest BCUT2D eigenvalue weighted by molar-refractivity contribution is 5.97. The molecule has 0 atom stereocenters. The Kier molecular flexibility index (Phi) is 5.03. The van der Waals surface area contributed by atoms with Gasteiger partial charge in [0.05, 0.1) is 16.4 Å². The van der Waals surface area contributed by atoms with Crippen LogP contribution in [0.15, 0.2) is 73.4 Å². The van der Waals surface area contributed by atoms with Gasteiger partial charge in [0.25, 0.3) is 0 Å². The van der Waals surface area contributed by atoms with E-state index in [2.05, 4.69) is 53.2 Å². The van der Waals surface area contributed by atoms with E-state index < -0.39 is 0 Å². The van der Waals surface area contributed by atoms with Gasteiger partial charge >= 0.3 is 0 Å². The van der Waals surface area contributed by atoms with Gasteiger partial charge in [-0.2, -0.15) is 5.10 Å². The highest BCUT2D eigenvalue weighted by atomic mass is 15.2. The standard InChI is InChI=1S/C28H24N8/c1-2-10-36(9-1)17-18-11-20(15-30-13-18)21-12-23-26(34-35-27(23)31-16-21)28-32-24-7-3-6-22(25(24)33-28)19-5-4-8-29-14-19/h3-8,11-16H,1-2,9-10,17H2,(H,32,33)(H,31,34,35). The maximum atomic E-state index is 4.94. The van der Waals surface area contributed by atoms with Gasteiger partial charge in [0.1, 0.15) is 5.69 Å². The van der Waals surface area contributed by atoms with Crippen LogP contribution in [0.25, 0.3) is 55.8 Å². The van der Waals surface area contributed by atoms with Crippen LogP contribution in [0.4, 0.5) is 0 Å². The van der Waals surface area contributed by atoms with Crippen molar-refractivity contribution < 1.29 is 0 Å². The molecule has 0 aliphatic carbocycles. The predicted molar refractivity (Wildman–Crippen MR) is 140 cm³/mol. The second-order valence-electron chi connectivity index (χ2n) is 9.29. The number of benzene rings is 1. The quantitative estimate of drug-likeness (QED) is 0.357. The van der Waals surface area contributed by atoms with E-state index in [0.29, 0.717) is 5.82 Å². The SMILES string of the molecule is c1cncc(-c2cccc3[nH]c(-c4n[nH]c5ncc(-c6cncc(CN7CCCC7)c6)cc45)nc23)c1. The zero-order chi connectivity index (χ0) is 23.9. The number of H-pyrrole nitrogens is 2. The lowest BCUT2D eigenvalue weighted by molar-refractivity contribution is 0.331. The summed E-state index contributed by atoms with van der Waals surface area (Å²) in [5.74, 6) is 0.701. The first kappa shape index (κ1) is 20.9. The number of nitrogens with one attached hydrogen (secondary N) is 2. The molecule has 0 spiro atoms. The fourth-order valence-corrected chi connectivity index (χ4v) is 5.07. The smallest absolute Gasteiger partial charge is 0.159 e. The molecule has 2 N–H and O–H groups in total. The molecule has 0 saturated carbocycles. The summed E-state index contributed by atoms with van der Waals surface area (Å²) in [4.78, 5) is 24.3. The first-order valence-corrected chi connectivity index (χ1v) is 12.2. The molecule has 0 unspecified atom stereocenters. The zero-order valence-electron chi connectivity index (χ0n) is 19.6. The van der Waals surface area contributed by atoms with Crippen molar-refractivity contribution in [2.45, 2.75) is 19.4 Å². The van der Waals surface area contributed by atoms with Crippen molar-refractivity contribution in [2.24, 2.45) is 0 Å². The predicted octanol–water partition coefficient (Wildman–Crippen LogP) is 5.22. The lowest BCUT2D eigenvalue weighted by atomic mass is 10.1. The van der Waals surface area contributed by atoms with E-state index in [1.807, 2.05) is 49.1 Å². The van der Waals surface area contributed by atoms with Crippen LogP contribution in [-0.4, -0.2) is 53.1 Å². The summed E-state index contributed by atoms with van der Waals surface area (Å²) in [6.07, 6.45) is 11.9. The number of hydrogen-bond acceptors (Lipinski definition) is 6. The first-order chi connectivity index (χ1) is 17.8. The van der Waals surface area contributed by atoms with Gasteiger partial charge in [-0.3, -0.25) is 20.0 Å². The third-order valence-electron chi connectivity index (χ3n) is 6.86. The molecule has 0 amide bonds. The van der Waals surface area contributed by atoms with Gasteiger partial charge in [0, 0.05) is 59.8 Å². The molecule has 0 radical (unpaired) electrons. The van der Waals surface area contributed by atoms with Gasteiger partial charge in [-0.25, -0.2) is 9.97 Å². The van der Waals surface area contributed by atoms with E-state index in [1.54, 1.807) is 6.20 Å². The van der Waals surface area contributed by atoms with E-state index in [4.69, 9.17) is 4.98 Å². The van der Waals surface area contributed by atoms with E-state index in [0.717, 1.165) is 69.6 Å². The van der Waals surface area contributed by atoms with Crippen LogP contribution in [0.5, 0.6) is 0 Å². The maximum Gasteiger partial charge on any atom is 0.159 e. The molecule has 7 rings (SSSR count). The first-order valence-electron chi connectivity index (χ1n) is 12.2. The Hall–Kier alpha value is -4.43. The Bertz CT molecular complexity index is 1680. The summed E-state index contributed by atoms with van der Waals surface area (Å²) >= 11 is 0. The number of pyridine rings is 3. The van der Waals surface area contributed by atoms with Crippen LogP contribution < -0.4 is 0 Å². The minimum Gasteiger partial charge on any atom is -0.337 e. The number of likely N-dealkylation sites (tertiary alicyclic amines) is 1. The summed E-state index contributed by atoms with van der Waals surface area (Å²) < 4.78 is 0. The van der Waals surface area contributed by atoms with Crippen molar-refractivity contribution in [3.63, 3.8) is 0 Å². The molecule has 1 saturated heterocycles. The summed E-state index contributed by atoms with van der Waals surface area (Å²) in [5, 5.41) is 8.55. The Balaban J connectivity index is 1.28. The Morgan fingerprint density at radius 2 is 1.75 bits per heavy atom. The van der Waals surface area contributed by atoms with Crippen LogP contribution in [0.3, 0.4) is 0 Å². The van der Waals surface area contributed by atoms with Crippen LogP contribution in [-0.2, 0) is 6.54 Å². The molecule has 176 valence electrons. The summed E-state index contributed by atoms with van der Waals surface area (Å²) in [7, 11) is 0. The van der Waals surface area contributed by atoms with Crippen molar-refractivity contribution in [3.05, 3.63) is 79.0 Å². The molecule has 0 bridgehead atoms.